The van der Waals surface area contributed by atoms with Crippen molar-refractivity contribution < 1.29 is 31.9 Å². The first-order chi connectivity index (χ1) is 11.0. The quantitative estimate of drug-likeness (QED) is 0.760. The first-order valence-electron chi connectivity index (χ1n) is 6.84. The predicted molar refractivity (Wildman–Crippen MR) is 75.9 cm³/mol. The number of hydrogen-bond acceptors (Lipinski definition) is 4. The molecule has 2 aromatic rings. The van der Waals surface area contributed by atoms with E-state index in [-0.39, 0.29) is 27.6 Å². The van der Waals surface area contributed by atoms with Crippen molar-refractivity contribution in [3.63, 3.8) is 0 Å². The third-order valence-electron chi connectivity index (χ3n) is 4.16. The highest BCUT2D eigenvalue weighted by Crippen LogP contribution is 2.49. The maximum atomic E-state index is 13.9. The van der Waals surface area contributed by atoms with E-state index in [4.69, 9.17) is 5.11 Å². The topological polar surface area (TPSA) is 50.2 Å². The van der Waals surface area contributed by atoms with Gasteiger partial charge < -0.3 is 5.11 Å². The molecule has 128 valence electrons. The Morgan fingerprint density at radius 2 is 1.92 bits per heavy atom. The van der Waals surface area contributed by atoms with E-state index in [1.807, 2.05) is 0 Å². The molecule has 1 aliphatic rings. The molecule has 3 rings (SSSR count). The number of aromatic hydroxyl groups is 1. The van der Waals surface area contributed by atoms with Gasteiger partial charge in [-0.05, 0) is 25.8 Å². The van der Waals surface area contributed by atoms with Crippen LogP contribution in [0.5, 0.6) is 5.75 Å². The molecule has 0 saturated heterocycles. The summed E-state index contributed by atoms with van der Waals surface area (Å²) in [4.78, 5) is 16.1. The molecule has 0 unspecified atom stereocenters. The van der Waals surface area contributed by atoms with Crippen LogP contribution in [0.1, 0.15) is 28.7 Å². The summed E-state index contributed by atoms with van der Waals surface area (Å²) in [6.07, 6.45) is -5.24. The number of rotatable bonds is 1. The Kier molecular flexibility index (Phi) is 3.67. The first-order valence-corrected chi connectivity index (χ1v) is 7.66. The molecule has 0 spiro atoms. The van der Waals surface area contributed by atoms with E-state index in [9.17, 15) is 26.7 Å². The summed E-state index contributed by atoms with van der Waals surface area (Å²) in [5.41, 5.74) is -2.68. The number of aryl methyl sites for hydroxylation is 1. The van der Waals surface area contributed by atoms with Crippen LogP contribution in [0.25, 0.3) is 10.6 Å². The highest BCUT2D eigenvalue weighted by molar-refractivity contribution is 7.17. The number of thiazole rings is 1. The van der Waals surface area contributed by atoms with Gasteiger partial charge in [0, 0.05) is 11.6 Å². The number of aromatic nitrogens is 1. The number of benzene rings is 1. The van der Waals surface area contributed by atoms with Crippen LogP contribution in [0, 0.1) is 17.0 Å². The number of Topliss-reactive ketones (excluding diaryl/α,β-unsaturated/α-hetero) is 1. The smallest absolute Gasteiger partial charge is 0.401 e. The second-order valence-corrected chi connectivity index (χ2v) is 6.74. The van der Waals surface area contributed by atoms with Gasteiger partial charge in [0.25, 0.3) is 0 Å². The average molecular weight is 363 g/mol. The molecule has 0 radical (unpaired) electrons. The van der Waals surface area contributed by atoms with Gasteiger partial charge in [0.15, 0.2) is 17.3 Å². The van der Waals surface area contributed by atoms with Gasteiger partial charge in [0.2, 0.25) is 0 Å². The summed E-state index contributed by atoms with van der Waals surface area (Å²) in [6.45, 7) is 0.832. The Hall–Kier alpha value is -2.03. The third-order valence-corrected chi connectivity index (χ3v) is 5.29. The standard InChI is InChI=1S/C15H10F5NO2S/c1-14(15(18,19)20)3-2-9-11(12(14)23)24-13(21-9)6-4-8(17)10(22)5-7(6)16/h4-5,22H,2-3H2,1H3/t14-/m1/s1. The zero-order valence-corrected chi connectivity index (χ0v) is 13.0. The maximum absolute atomic E-state index is 13.9. The third kappa shape index (κ3) is 2.38. The zero-order valence-electron chi connectivity index (χ0n) is 12.2. The monoisotopic (exact) mass is 363 g/mol. The molecule has 1 N–H and O–H groups in total. The molecule has 3 nitrogen and oxygen atoms in total. The minimum absolute atomic E-state index is 0.0875. The molecule has 1 aromatic heterocycles. The van der Waals surface area contributed by atoms with Crippen molar-refractivity contribution in [1.82, 2.24) is 4.98 Å². The highest BCUT2D eigenvalue weighted by Gasteiger charge is 2.58. The van der Waals surface area contributed by atoms with Crippen molar-refractivity contribution >= 4 is 17.1 Å². The lowest BCUT2D eigenvalue weighted by molar-refractivity contribution is -0.200. The number of nitrogens with zero attached hydrogens (tertiary/aromatic N) is 1. The van der Waals surface area contributed by atoms with Gasteiger partial charge in [-0.25, -0.2) is 13.8 Å². The van der Waals surface area contributed by atoms with Gasteiger partial charge >= 0.3 is 6.18 Å². The Morgan fingerprint density at radius 3 is 2.54 bits per heavy atom. The van der Waals surface area contributed by atoms with Crippen molar-refractivity contribution in [3.05, 3.63) is 34.3 Å². The molecule has 0 fully saturated rings. The summed E-state index contributed by atoms with van der Waals surface area (Å²) in [5.74, 6) is -4.07. The second kappa shape index (κ2) is 5.23. The second-order valence-electron chi connectivity index (χ2n) is 5.74. The molecular formula is C15H10F5NO2S. The van der Waals surface area contributed by atoms with Crippen LogP contribution in [0.4, 0.5) is 22.0 Å². The van der Waals surface area contributed by atoms with Gasteiger partial charge in [-0.15, -0.1) is 11.3 Å². The van der Waals surface area contributed by atoms with Crippen LogP contribution in [0.15, 0.2) is 12.1 Å². The van der Waals surface area contributed by atoms with E-state index in [0.29, 0.717) is 23.5 Å². The minimum atomic E-state index is -4.71. The van der Waals surface area contributed by atoms with E-state index < -0.39 is 41.2 Å². The van der Waals surface area contributed by atoms with Crippen molar-refractivity contribution in [2.45, 2.75) is 25.9 Å². The van der Waals surface area contributed by atoms with Crippen LogP contribution in [-0.4, -0.2) is 22.1 Å². The Labute approximate surface area is 136 Å². The summed E-state index contributed by atoms with van der Waals surface area (Å²) in [5, 5.41) is 9.02. The number of ketones is 1. The van der Waals surface area contributed by atoms with Gasteiger partial charge in [-0.1, -0.05) is 0 Å². The highest BCUT2D eigenvalue weighted by atomic mass is 32.1. The van der Waals surface area contributed by atoms with Crippen LogP contribution >= 0.6 is 11.3 Å². The zero-order chi connectivity index (χ0) is 17.9. The molecule has 1 atom stereocenters. The van der Waals surface area contributed by atoms with Crippen molar-refractivity contribution in [2.24, 2.45) is 5.41 Å². The summed E-state index contributed by atoms with van der Waals surface area (Å²) >= 11 is 0.595. The summed E-state index contributed by atoms with van der Waals surface area (Å²) in [7, 11) is 0. The Balaban J connectivity index is 2.09. The molecule has 0 bridgehead atoms. The van der Waals surface area contributed by atoms with E-state index in [1.165, 1.54) is 0 Å². The van der Waals surface area contributed by atoms with E-state index in [1.54, 1.807) is 0 Å². The molecule has 0 saturated carbocycles. The molecule has 1 aromatic carbocycles. The van der Waals surface area contributed by atoms with E-state index in [2.05, 4.69) is 4.98 Å². The molecule has 9 heteroatoms. The number of phenolic OH excluding ortho intramolecular Hbond substituents is 1. The van der Waals surface area contributed by atoms with Crippen LogP contribution in [-0.2, 0) is 6.42 Å². The van der Waals surface area contributed by atoms with Crippen molar-refractivity contribution in [1.29, 1.82) is 0 Å². The van der Waals surface area contributed by atoms with Crippen LogP contribution in [0.3, 0.4) is 0 Å². The molecule has 0 amide bonds. The number of halogens is 5. The molecule has 1 heterocycles. The lowest BCUT2D eigenvalue weighted by Gasteiger charge is -2.32. The summed E-state index contributed by atoms with van der Waals surface area (Å²) < 4.78 is 66.9. The minimum Gasteiger partial charge on any atom is -0.505 e. The molecule has 0 aliphatic heterocycles. The van der Waals surface area contributed by atoms with Gasteiger partial charge in [-0.3, -0.25) is 4.79 Å². The van der Waals surface area contributed by atoms with Gasteiger partial charge in [0.1, 0.15) is 16.2 Å². The van der Waals surface area contributed by atoms with E-state index in [0.717, 1.165) is 6.92 Å². The number of phenols is 1. The Morgan fingerprint density at radius 1 is 1.25 bits per heavy atom. The normalized spacial score (nSPS) is 21.0. The number of alkyl halides is 3. The van der Waals surface area contributed by atoms with Crippen molar-refractivity contribution in [2.75, 3.05) is 0 Å². The molecule has 1 aliphatic carbocycles. The SMILES string of the molecule is C[C@@]1(C(F)(F)F)CCc2nc(-c3cc(F)c(O)cc3F)sc2C1=O. The number of carbonyl (C=O) groups excluding carboxylic acids is 1. The fourth-order valence-electron chi connectivity index (χ4n) is 2.52. The largest absolute Gasteiger partial charge is 0.505 e. The Bertz CT molecular complexity index is 845. The lowest BCUT2D eigenvalue weighted by atomic mass is 9.75. The van der Waals surface area contributed by atoms with E-state index >= 15 is 0 Å². The van der Waals surface area contributed by atoms with Crippen LogP contribution < -0.4 is 0 Å². The average Bonchev–Trinajstić information content (AvgIpc) is 2.90. The predicted octanol–water partition coefficient (Wildman–Crippen LogP) is 4.49. The number of fused-ring (bicyclic) bond motifs is 1. The lowest BCUT2D eigenvalue weighted by Crippen LogP contribution is -2.45. The molecular weight excluding hydrogens is 353 g/mol. The fraction of sp³-hybridized carbons (Fsp3) is 0.333. The fourth-order valence-corrected chi connectivity index (χ4v) is 3.72. The molecule has 24 heavy (non-hydrogen) atoms. The first kappa shape index (κ1) is 16.8. The van der Waals surface area contributed by atoms with Gasteiger partial charge in [-0.2, -0.15) is 13.2 Å². The van der Waals surface area contributed by atoms with Crippen LogP contribution in [0.2, 0.25) is 0 Å². The van der Waals surface area contributed by atoms with Crippen molar-refractivity contribution in [3.8, 4) is 16.3 Å². The number of hydrogen-bond donors (Lipinski definition) is 1. The number of carbonyl (C=O) groups is 1. The maximum Gasteiger partial charge on any atom is 0.401 e. The summed E-state index contributed by atoms with van der Waals surface area (Å²) in [6, 6.07) is 1.25. The van der Waals surface area contributed by atoms with Gasteiger partial charge in [0.05, 0.1) is 10.6 Å².